The first-order valence-corrected chi connectivity index (χ1v) is 6.34. The van der Waals surface area contributed by atoms with Crippen molar-refractivity contribution in [2.24, 2.45) is 17.3 Å². The van der Waals surface area contributed by atoms with Crippen molar-refractivity contribution in [1.29, 1.82) is 0 Å². The van der Waals surface area contributed by atoms with Gasteiger partial charge in [-0.1, -0.05) is 39.5 Å². The molecule has 0 amide bonds. The first-order chi connectivity index (χ1) is 8.85. The van der Waals surface area contributed by atoms with Crippen LogP contribution in [0.1, 0.15) is 27.2 Å². The summed E-state index contributed by atoms with van der Waals surface area (Å²) < 4.78 is 9.88. The molecule has 19 heavy (non-hydrogen) atoms. The summed E-state index contributed by atoms with van der Waals surface area (Å²) >= 11 is 0. The summed E-state index contributed by atoms with van der Waals surface area (Å²) in [5, 5.41) is 0. The van der Waals surface area contributed by atoms with E-state index in [2.05, 4.69) is 13.2 Å². The van der Waals surface area contributed by atoms with E-state index in [1.54, 1.807) is 6.08 Å². The zero-order valence-corrected chi connectivity index (χ0v) is 12.3. The van der Waals surface area contributed by atoms with Crippen LogP contribution in [0.3, 0.4) is 0 Å². The molecule has 0 spiro atoms. The molecular formula is C15H24O4. The SMILES string of the molecule is C=CCOC(=O)[C@H](CC)[C@@H](C(=O)OC)C(C)(C)C=C. The number of hydrogen-bond acceptors (Lipinski definition) is 4. The number of carbonyl (C=O) groups excluding carboxylic acids is 2. The predicted molar refractivity (Wildman–Crippen MR) is 74.4 cm³/mol. The molecule has 4 heteroatoms. The minimum Gasteiger partial charge on any atom is -0.469 e. The Bertz CT molecular complexity index is 344. The van der Waals surface area contributed by atoms with Gasteiger partial charge in [-0.15, -0.1) is 6.58 Å². The number of carbonyl (C=O) groups is 2. The van der Waals surface area contributed by atoms with Crippen molar-refractivity contribution >= 4 is 11.9 Å². The van der Waals surface area contributed by atoms with E-state index in [9.17, 15) is 9.59 Å². The number of esters is 2. The number of ether oxygens (including phenoxy) is 2. The highest BCUT2D eigenvalue weighted by atomic mass is 16.5. The molecule has 0 N–H and O–H groups in total. The molecule has 0 fully saturated rings. The highest BCUT2D eigenvalue weighted by Gasteiger charge is 2.43. The van der Waals surface area contributed by atoms with E-state index in [0.717, 1.165) is 0 Å². The number of rotatable bonds is 8. The Morgan fingerprint density at radius 1 is 1.26 bits per heavy atom. The van der Waals surface area contributed by atoms with Gasteiger partial charge in [-0.3, -0.25) is 9.59 Å². The summed E-state index contributed by atoms with van der Waals surface area (Å²) in [6.07, 6.45) is 3.65. The van der Waals surface area contributed by atoms with Gasteiger partial charge in [0.1, 0.15) is 6.61 Å². The van der Waals surface area contributed by atoms with E-state index in [4.69, 9.17) is 9.47 Å². The molecule has 0 aliphatic heterocycles. The molecule has 0 radical (unpaired) electrons. The zero-order chi connectivity index (χ0) is 15.1. The third kappa shape index (κ3) is 4.54. The summed E-state index contributed by atoms with van der Waals surface area (Å²) in [5.74, 6) is -2.00. The highest BCUT2D eigenvalue weighted by molar-refractivity contribution is 5.83. The lowest BCUT2D eigenvalue weighted by molar-refractivity contribution is -0.162. The van der Waals surface area contributed by atoms with Crippen molar-refractivity contribution in [2.75, 3.05) is 13.7 Å². The molecule has 0 aromatic carbocycles. The van der Waals surface area contributed by atoms with Crippen molar-refractivity contribution in [1.82, 2.24) is 0 Å². The van der Waals surface area contributed by atoms with Crippen molar-refractivity contribution in [3.63, 3.8) is 0 Å². The maximum Gasteiger partial charge on any atom is 0.310 e. The Balaban J connectivity index is 5.30. The highest BCUT2D eigenvalue weighted by Crippen LogP contribution is 2.37. The molecule has 0 aliphatic rings. The second kappa shape index (κ2) is 7.77. The van der Waals surface area contributed by atoms with Gasteiger partial charge >= 0.3 is 11.9 Å². The molecule has 0 rings (SSSR count). The van der Waals surface area contributed by atoms with Crippen LogP contribution in [0.15, 0.2) is 25.3 Å². The maximum atomic E-state index is 12.0. The van der Waals surface area contributed by atoms with Gasteiger partial charge in [-0.25, -0.2) is 0 Å². The third-order valence-corrected chi connectivity index (χ3v) is 3.27. The lowest BCUT2D eigenvalue weighted by atomic mass is 9.71. The molecule has 0 aromatic rings. The quantitative estimate of drug-likeness (QED) is 0.502. The fraction of sp³-hybridized carbons (Fsp3) is 0.600. The number of allylic oxidation sites excluding steroid dienone is 1. The van der Waals surface area contributed by atoms with Crippen molar-refractivity contribution < 1.29 is 19.1 Å². The van der Waals surface area contributed by atoms with E-state index in [1.165, 1.54) is 13.2 Å². The zero-order valence-electron chi connectivity index (χ0n) is 12.3. The number of methoxy groups -OCH3 is 1. The van der Waals surface area contributed by atoms with Crippen LogP contribution < -0.4 is 0 Å². The van der Waals surface area contributed by atoms with Gasteiger partial charge in [0.25, 0.3) is 0 Å². The second-order valence-corrected chi connectivity index (χ2v) is 4.96. The van der Waals surface area contributed by atoms with Crippen LogP contribution in [-0.2, 0) is 19.1 Å². The van der Waals surface area contributed by atoms with Crippen LogP contribution in [0.5, 0.6) is 0 Å². The van der Waals surface area contributed by atoms with Crippen LogP contribution in [0, 0.1) is 17.3 Å². The van der Waals surface area contributed by atoms with Gasteiger partial charge < -0.3 is 9.47 Å². The van der Waals surface area contributed by atoms with Gasteiger partial charge in [0.05, 0.1) is 18.9 Å². The summed E-state index contributed by atoms with van der Waals surface area (Å²) in [5.41, 5.74) is -0.555. The Labute approximate surface area is 115 Å². The summed E-state index contributed by atoms with van der Waals surface area (Å²) in [6, 6.07) is 0. The topological polar surface area (TPSA) is 52.6 Å². The monoisotopic (exact) mass is 268 g/mol. The van der Waals surface area contributed by atoms with E-state index < -0.39 is 29.2 Å². The molecule has 0 heterocycles. The average molecular weight is 268 g/mol. The van der Waals surface area contributed by atoms with Crippen LogP contribution in [0.4, 0.5) is 0 Å². The molecule has 4 nitrogen and oxygen atoms in total. The molecule has 0 bridgehead atoms. The molecule has 0 saturated heterocycles. The van der Waals surface area contributed by atoms with Gasteiger partial charge in [0.15, 0.2) is 0 Å². The first kappa shape index (κ1) is 17.4. The second-order valence-electron chi connectivity index (χ2n) is 4.96. The lowest BCUT2D eigenvalue weighted by Gasteiger charge is -2.33. The predicted octanol–water partition coefficient (Wildman–Crippen LogP) is 2.74. The third-order valence-electron chi connectivity index (χ3n) is 3.27. The van der Waals surface area contributed by atoms with E-state index >= 15 is 0 Å². The summed E-state index contributed by atoms with van der Waals surface area (Å²) in [7, 11) is 1.32. The van der Waals surface area contributed by atoms with E-state index in [1.807, 2.05) is 20.8 Å². The summed E-state index contributed by atoms with van der Waals surface area (Å²) in [6.45, 7) is 12.9. The molecule has 0 aromatic heterocycles. The molecule has 108 valence electrons. The normalized spacial score (nSPS) is 14.1. The van der Waals surface area contributed by atoms with Gasteiger partial charge in [0.2, 0.25) is 0 Å². The Morgan fingerprint density at radius 3 is 2.21 bits per heavy atom. The van der Waals surface area contributed by atoms with E-state index in [0.29, 0.717) is 6.42 Å². The van der Waals surface area contributed by atoms with Gasteiger partial charge in [-0.2, -0.15) is 0 Å². The lowest BCUT2D eigenvalue weighted by Crippen LogP contribution is -2.40. The minimum atomic E-state index is -0.614. The molecule has 0 saturated carbocycles. The maximum absolute atomic E-state index is 12.0. The van der Waals surface area contributed by atoms with Crippen LogP contribution in [-0.4, -0.2) is 25.7 Å². The fourth-order valence-corrected chi connectivity index (χ4v) is 2.03. The molecule has 0 unspecified atom stereocenters. The van der Waals surface area contributed by atoms with Crippen LogP contribution in [0.2, 0.25) is 0 Å². The van der Waals surface area contributed by atoms with Crippen molar-refractivity contribution in [2.45, 2.75) is 27.2 Å². The van der Waals surface area contributed by atoms with Crippen LogP contribution >= 0.6 is 0 Å². The molecular weight excluding hydrogens is 244 g/mol. The first-order valence-electron chi connectivity index (χ1n) is 6.34. The summed E-state index contributed by atoms with van der Waals surface area (Å²) in [4.78, 5) is 24.0. The van der Waals surface area contributed by atoms with Gasteiger partial charge in [-0.05, 0) is 11.8 Å². The smallest absolute Gasteiger partial charge is 0.310 e. The van der Waals surface area contributed by atoms with Crippen molar-refractivity contribution in [3.8, 4) is 0 Å². The molecule has 0 aliphatic carbocycles. The van der Waals surface area contributed by atoms with Crippen LogP contribution in [0.25, 0.3) is 0 Å². The van der Waals surface area contributed by atoms with Gasteiger partial charge in [0, 0.05) is 0 Å². The Hall–Kier alpha value is -1.58. The Kier molecular flexibility index (Phi) is 7.12. The standard InChI is InChI=1S/C15H24O4/c1-7-10-19-13(16)11(8-2)12(14(17)18-6)15(4,5)9-3/h7,9,11-12H,1,3,8,10H2,2,4-6H3/t11-,12+/m1/s1. The Morgan fingerprint density at radius 2 is 1.84 bits per heavy atom. The largest absolute Gasteiger partial charge is 0.469 e. The van der Waals surface area contributed by atoms with Crippen molar-refractivity contribution in [3.05, 3.63) is 25.3 Å². The number of hydrogen-bond donors (Lipinski definition) is 0. The molecule has 2 atom stereocenters. The van der Waals surface area contributed by atoms with E-state index in [-0.39, 0.29) is 6.61 Å². The minimum absolute atomic E-state index is 0.137. The average Bonchev–Trinajstić information content (AvgIpc) is 2.40. The fourth-order valence-electron chi connectivity index (χ4n) is 2.03.